The third-order valence-corrected chi connectivity index (χ3v) is 7.69. The van der Waals surface area contributed by atoms with Crippen LogP contribution in [0.4, 0.5) is 4.79 Å². The first-order valence-electron chi connectivity index (χ1n) is 10.6. The number of carbonyl (C=O) groups excluding carboxylic acids is 5. The largest absolute Gasteiger partial charge is 0.507 e. The van der Waals surface area contributed by atoms with Gasteiger partial charge in [0.15, 0.2) is 11.6 Å². The van der Waals surface area contributed by atoms with Crippen LogP contribution in [0.5, 0.6) is 11.5 Å². The number of methoxy groups -OCH3 is 1. The van der Waals surface area contributed by atoms with Crippen molar-refractivity contribution in [1.29, 1.82) is 0 Å². The Morgan fingerprint density at radius 3 is 2.56 bits per heavy atom. The third kappa shape index (κ3) is 3.01. The molecule has 4 aliphatic rings. The number of benzene rings is 1. The van der Waals surface area contributed by atoms with Gasteiger partial charge in [0, 0.05) is 34.8 Å². The van der Waals surface area contributed by atoms with E-state index in [4.69, 9.17) is 10.5 Å². The molecule has 0 aromatic heterocycles. The maximum atomic E-state index is 13.1. The summed E-state index contributed by atoms with van der Waals surface area (Å²) in [5.74, 6) is -4.98. The summed E-state index contributed by atoms with van der Waals surface area (Å²) < 4.78 is 5.26. The number of urea groups is 1. The maximum absolute atomic E-state index is 13.1. The molecule has 4 unspecified atom stereocenters. The number of carbonyl (C=O) groups is 5. The summed E-state index contributed by atoms with van der Waals surface area (Å²) in [6, 6.07) is 3.51. The summed E-state index contributed by atoms with van der Waals surface area (Å²) in [6.45, 7) is 0. The number of primary amides is 1. The number of amides is 4. The third-order valence-electron chi connectivity index (χ3n) is 7.10. The van der Waals surface area contributed by atoms with Crippen molar-refractivity contribution in [3.63, 3.8) is 0 Å². The van der Waals surface area contributed by atoms with Crippen LogP contribution in [0.15, 0.2) is 51.6 Å². The van der Waals surface area contributed by atoms with Gasteiger partial charge in [-0.25, -0.2) is 4.79 Å². The molecule has 4 atom stereocenters. The number of nitrogens with zero attached hydrogens (tertiary/aromatic N) is 1. The van der Waals surface area contributed by atoms with Crippen molar-refractivity contribution in [2.45, 2.75) is 18.8 Å². The van der Waals surface area contributed by atoms with Crippen molar-refractivity contribution in [1.82, 2.24) is 4.90 Å². The highest BCUT2D eigenvalue weighted by Gasteiger charge is 2.57. The van der Waals surface area contributed by atoms with E-state index in [1.54, 1.807) is 18.2 Å². The summed E-state index contributed by atoms with van der Waals surface area (Å²) in [7, 11) is 1.45. The fraction of sp³-hybridized carbons (Fsp3) is 0.292. The lowest BCUT2D eigenvalue weighted by Crippen LogP contribution is -2.42. The van der Waals surface area contributed by atoms with Gasteiger partial charge in [-0.3, -0.25) is 19.2 Å². The number of imide groups is 3. The molecule has 174 valence electrons. The molecule has 0 spiro atoms. The Labute approximate surface area is 202 Å². The van der Waals surface area contributed by atoms with E-state index in [9.17, 15) is 29.1 Å². The lowest BCUT2D eigenvalue weighted by molar-refractivity contribution is -0.136. The van der Waals surface area contributed by atoms with E-state index >= 15 is 0 Å². The molecule has 0 radical (unpaired) electrons. The summed E-state index contributed by atoms with van der Waals surface area (Å²) in [5, 5.41) is 10.8. The van der Waals surface area contributed by atoms with Crippen molar-refractivity contribution in [3.05, 3.63) is 57.1 Å². The van der Waals surface area contributed by atoms with Crippen molar-refractivity contribution in [2.24, 2.45) is 23.5 Å². The summed E-state index contributed by atoms with van der Waals surface area (Å²) in [6.07, 6.45) is 3.21. The van der Waals surface area contributed by atoms with Crippen LogP contribution in [0.2, 0.25) is 0 Å². The smallest absolute Gasteiger partial charge is 0.328 e. The molecule has 3 aliphatic carbocycles. The Morgan fingerprint density at radius 2 is 1.91 bits per heavy atom. The number of ketones is 2. The molecule has 1 aromatic rings. The van der Waals surface area contributed by atoms with E-state index in [0.29, 0.717) is 21.8 Å². The molecule has 9 nitrogen and oxygen atoms in total. The predicted molar refractivity (Wildman–Crippen MR) is 121 cm³/mol. The average Bonchev–Trinajstić information content (AvgIpc) is 3.06. The van der Waals surface area contributed by atoms with E-state index in [0.717, 1.165) is 0 Å². The second kappa shape index (κ2) is 7.76. The van der Waals surface area contributed by atoms with Crippen LogP contribution in [-0.2, 0) is 19.2 Å². The number of aromatic hydroxyl groups is 1. The number of hydrogen-bond acceptors (Lipinski definition) is 7. The van der Waals surface area contributed by atoms with Gasteiger partial charge in [0.05, 0.1) is 23.4 Å². The Morgan fingerprint density at radius 1 is 1.18 bits per heavy atom. The minimum Gasteiger partial charge on any atom is -0.507 e. The monoisotopic (exact) mass is 526 g/mol. The Balaban J connectivity index is 1.71. The van der Waals surface area contributed by atoms with E-state index in [-0.39, 0.29) is 40.0 Å². The molecule has 10 heteroatoms. The van der Waals surface area contributed by atoms with E-state index in [2.05, 4.69) is 15.9 Å². The van der Waals surface area contributed by atoms with Crippen molar-refractivity contribution >= 4 is 45.3 Å². The first-order chi connectivity index (χ1) is 16.1. The standard InChI is InChI=1S/C24H19BrN2O7/c1-34-9-2-3-11(16(28)6-9)18-10-4-5-12-19(23(32)27(22(12)31)24(26)33)13(10)7-14-20(18)17(29)8-15(25)21(14)30/h2-4,6,8,12-13,18-19,28H,5,7H2,1H3,(H2,26,33). The molecular weight excluding hydrogens is 508 g/mol. The van der Waals surface area contributed by atoms with Crippen LogP contribution in [0.1, 0.15) is 24.3 Å². The lowest BCUT2D eigenvalue weighted by Gasteiger charge is -2.42. The molecule has 1 aliphatic heterocycles. The van der Waals surface area contributed by atoms with Crippen LogP contribution in [0.25, 0.3) is 0 Å². The normalized spacial score (nSPS) is 28.2. The molecule has 34 heavy (non-hydrogen) atoms. The number of fused-ring (bicyclic) bond motifs is 3. The Bertz CT molecular complexity index is 1310. The second-order valence-electron chi connectivity index (χ2n) is 8.67. The highest BCUT2D eigenvalue weighted by atomic mass is 79.9. The van der Waals surface area contributed by atoms with Crippen LogP contribution in [0.3, 0.4) is 0 Å². The molecule has 1 aromatic carbocycles. The quantitative estimate of drug-likeness (QED) is 0.341. The van der Waals surface area contributed by atoms with Gasteiger partial charge in [0.2, 0.25) is 11.8 Å². The van der Waals surface area contributed by atoms with Gasteiger partial charge in [-0.15, -0.1) is 0 Å². The van der Waals surface area contributed by atoms with Crippen LogP contribution < -0.4 is 10.5 Å². The number of rotatable bonds is 2. The van der Waals surface area contributed by atoms with Gasteiger partial charge in [0.25, 0.3) is 0 Å². The fourth-order valence-electron chi connectivity index (χ4n) is 5.67. The predicted octanol–water partition coefficient (Wildman–Crippen LogP) is 2.24. The number of likely N-dealkylation sites (tertiary alicyclic amines) is 1. The number of phenols is 1. The highest BCUT2D eigenvalue weighted by Crippen LogP contribution is 2.56. The number of Topliss-reactive ketones (excluding diaryl/α,β-unsaturated/α-hetero) is 1. The second-order valence-corrected chi connectivity index (χ2v) is 9.52. The molecule has 4 amide bonds. The topological polar surface area (TPSA) is 144 Å². The first kappa shape index (κ1) is 22.3. The molecule has 1 saturated heterocycles. The van der Waals surface area contributed by atoms with Crippen molar-refractivity contribution in [3.8, 4) is 11.5 Å². The van der Waals surface area contributed by atoms with Gasteiger partial charge in [-0.2, -0.15) is 4.90 Å². The van der Waals surface area contributed by atoms with E-state index in [1.165, 1.54) is 19.3 Å². The number of allylic oxidation sites excluding steroid dienone is 6. The van der Waals surface area contributed by atoms with E-state index in [1.807, 2.05) is 0 Å². The van der Waals surface area contributed by atoms with Gasteiger partial charge in [0.1, 0.15) is 11.5 Å². The number of hydrogen-bond donors (Lipinski definition) is 2. The molecule has 1 heterocycles. The fourth-order valence-corrected chi connectivity index (χ4v) is 6.12. The molecule has 5 rings (SSSR count). The highest BCUT2D eigenvalue weighted by molar-refractivity contribution is 9.12. The molecule has 0 bridgehead atoms. The molecule has 0 saturated carbocycles. The summed E-state index contributed by atoms with van der Waals surface area (Å²) in [4.78, 5) is 64.4. The van der Waals surface area contributed by atoms with Gasteiger partial charge in [-0.05, 0) is 40.8 Å². The Kier molecular flexibility index (Phi) is 5.09. The van der Waals surface area contributed by atoms with Crippen LogP contribution in [0, 0.1) is 17.8 Å². The SMILES string of the molecule is COc1ccc(C2C3=CCC4C(=O)N(C(N)=O)C(=O)C4C3CC3=C2C(=O)C=C(Br)C3=O)c(O)c1. The minimum absolute atomic E-state index is 0.0505. The number of ether oxygens (including phenoxy) is 1. The van der Waals surface area contributed by atoms with Crippen molar-refractivity contribution < 1.29 is 33.8 Å². The number of nitrogens with two attached hydrogens (primary N) is 1. The zero-order valence-corrected chi connectivity index (χ0v) is 19.5. The zero-order valence-electron chi connectivity index (χ0n) is 17.9. The summed E-state index contributed by atoms with van der Waals surface area (Å²) >= 11 is 3.15. The van der Waals surface area contributed by atoms with Gasteiger partial charge in [-0.1, -0.05) is 17.7 Å². The van der Waals surface area contributed by atoms with Crippen LogP contribution >= 0.6 is 15.9 Å². The first-order valence-corrected chi connectivity index (χ1v) is 11.4. The minimum atomic E-state index is -1.14. The van der Waals surface area contributed by atoms with E-state index < -0.39 is 47.3 Å². The zero-order chi connectivity index (χ0) is 24.5. The van der Waals surface area contributed by atoms with Crippen LogP contribution in [-0.4, -0.2) is 46.5 Å². The molecular formula is C24H19BrN2O7. The molecule has 3 N–H and O–H groups in total. The molecule has 1 fully saturated rings. The number of halogens is 1. The van der Waals surface area contributed by atoms with Gasteiger partial charge >= 0.3 is 6.03 Å². The summed E-state index contributed by atoms with van der Waals surface area (Å²) in [5.41, 5.74) is 6.78. The lowest BCUT2D eigenvalue weighted by atomic mass is 9.59. The number of phenolic OH excluding ortho intramolecular Hbond substituents is 1. The van der Waals surface area contributed by atoms with Crippen molar-refractivity contribution in [2.75, 3.05) is 7.11 Å². The maximum Gasteiger partial charge on any atom is 0.328 e. The average molecular weight is 527 g/mol. The Hall–Kier alpha value is -3.53. The van der Waals surface area contributed by atoms with Gasteiger partial charge < -0.3 is 15.6 Å².